The summed E-state index contributed by atoms with van der Waals surface area (Å²) in [6.45, 7) is 4.76. The lowest BCUT2D eigenvalue weighted by molar-refractivity contribution is -0.0586. The normalized spacial score (nSPS) is 19.7. The minimum atomic E-state index is -3.87. The maximum Gasteiger partial charge on any atom is 0.261 e. The molecule has 9 heteroatoms. The van der Waals surface area contributed by atoms with Crippen LogP contribution in [0.15, 0.2) is 51.8 Å². The number of amides is 1. The molecule has 1 N–H and O–H groups in total. The van der Waals surface area contributed by atoms with Gasteiger partial charge in [-0.3, -0.25) is 9.52 Å². The molecule has 29 heavy (non-hydrogen) atoms. The van der Waals surface area contributed by atoms with Crippen LogP contribution in [-0.4, -0.2) is 51.6 Å². The molecule has 1 amide bonds. The Morgan fingerprint density at radius 1 is 1.17 bits per heavy atom. The summed E-state index contributed by atoms with van der Waals surface area (Å²) >= 11 is 3.34. The molecule has 3 rings (SSSR count). The van der Waals surface area contributed by atoms with Crippen molar-refractivity contribution in [3.63, 3.8) is 0 Å². The van der Waals surface area contributed by atoms with Crippen molar-refractivity contribution in [2.45, 2.75) is 31.0 Å². The standard InChI is InChI=1S/C20H23BrN2O5S/c1-13-11-23(12-14(2)28-13)20(24)15-5-4-6-17(9-15)29(25,26)22-16-7-8-19(27-3)18(21)10-16/h4-10,13-14,22H,11-12H2,1-3H3/t13-,14+. The first-order valence-corrected chi connectivity index (χ1v) is 11.4. The van der Waals surface area contributed by atoms with Gasteiger partial charge in [0.1, 0.15) is 5.75 Å². The smallest absolute Gasteiger partial charge is 0.261 e. The third-order valence-electron chi connectivity index (χ3n) is 4.50. The summed E-state index contributed by atoms with van der Waals surface area (Å²) in [7, 11) is -2.33. The van der Waals surface area contributed by atoms with E-state index in [1.807, 2.05) is 13.8 Å². The number of sulfonamides is 1. The first-order valence-electron chi connectivity index (χ1n) is 9.11. The fourth-order valence-corrected chi connectivity index (χ4v) is 4.90. The zero-order valence-corrected chi connectivity index (χ0v) is 18.8. The zero-order chi connectivity index (χ0) is 21.2. The molecule has 2 aromatic carbocycles. The maximum absolute atomic E-state index is 12.9. The summed E-state index contributed by atoms with van der Waals surface area (Å²) in [6, 6.07) is 10.9. The van der Waals surface area contributed by atoms with E-state index in [2.05, 4.69) is 20.7 Å². The van der Waals surface area contributed by atoms with Crippen LogP contribution >= 0.6 is 15.9 Å². The summed E-state index contributed by atoms with van der Waals surface area (Å²) in [6.07, 6.45) is -0.130. The van der Waals surface area contributed by atoms with E-state index in [9.17, 15) is 13.2 Å². The van der Waals surface area contributed by atoms with Crippen molar-refractivity contribution in [1.29, 1.82) is 0 Å². The molecule has 0 saturated carbocycles. The van der Waals surface area contributed by atoms with Gasteiger partial charge < -0.3 is 14.4 Å². The number of carbonyl (C=O) groups is 1. The van der Waals surface area contributed by atoms with E-state index < -0.39 is 10.0 Å². The van der Waals surface area contributed by atoms with Gasteiger partial charge in [-0.1, -0.05) is 6.07 Å². The summed E-state index contributed by atoms with van der Waals surface area (Å²) in [5.74, 6) is 0.380. The summed E-state index contributed by atoms with van der Waals surface area (Å²) in [5, 5.41) is 0. The van der Waals surface area contributed by atoms with E-state index in [0.29, 0.717) is 34.6 Å². The molecular weight excluding hydrogens is 460 g/mol. The molecule has 1 aliphatic heterocycles. The molecule has 1 heterocycles. The number of halogens is 1. The van der Waals surface area contributed by atoms with Gasteiger partial charge in [-0.2, -0.15) is 0 Å². The van der Waals surface area contributed by atoms with Crippen LogP contribution in [-0.2, 0) is 14.8 Å². The molecule has 1 aliphatic rings. The number of morpholine rings is 1. The van der Waals surface area contributed by atoms with Crippen LogP contribution in [0.1, 0.15) is 24.2 Å². The van der Waals surface area contributed by atoms with E-state index in [1.54, 1.807) is 35.2 Å². The lowest BCUT2D eigenvalue weighted by Gasteiger charge is -2.35. The Hall–Kier alpha value is -2.10. The minimum absolute atomic E-state index is 0.0182. The molecule has 156 valence electrons. The minimum Gasteiger partial charge on any atom is -0.496 e. The Kier molecular flexibility index (Phi) is 6.50. The third-order valence-corrected chi connectivity index (χ3v) is 6.50. The van der Waals surface area contributed by atoms with Crippen molar-refractivity contribution in [3.05, 3.63) is 52.5 Å². The van der Waals surface area contributed by atoms with Crippen LogP contribution in [0.3, 0.4) is 0 Å². The molecule has 2 atom stereocenters. The van der Waals surface area contributed by atoms with Gasteiger partial charge in [0, 0.05) is 18.7 Å². The largest absolute Gasteiger partial charge is 0.496 e. The highest BCUT2D eigenvalue weighted by Crippen LogP contribution is 2.29. The fraction of sp³-hybridized carbons (Fsp3) is 0.350. The number of nitrogens with one attached hydrogen (secondary N) is 1. The van der Waals surface area contributed by atoms with Crippen LogP contribution in [0.2, 0.25) is 0 Å². The van der Waals surface area contributed by atoms with E-state index in [0.717, 1.165) is 0 Å². The van der Waals surface area contributed by atoms with Crippen LogP contribution in [0.5, 0.6) is 5.75 Å². The van der Waals surface area contributed by atoms with E-state index in [4.69, 9.17) is 9.47 Å². The summed E-state index contributed by atoms with van der Waals surface area (Å²) in [4.78, 5) is 14.6. The second-order valence-electron chi connectivity index (χ2n) is 6.95. The van der Waals surface area contributed by atoms with Crippen molar-refractivity contribution in [2.75, 3.05) is 24.9 Å². The van der Waals surface area contributed by atoms with Crippen molar-refractivity contribution in [2.24, 2.45) is 0 Å². The number of nitrogens with zero attached hydrogens (tertiary/aromatic N) is 1. The predicted molar refractivity (Wildman–Crippen MR) is 114 cm³/mol. The maximum atomic E-state index is 12.9. The van der Waals surface area contributed by atoms with E-state index >= 15 is 0 Å². The van der Waals surface area contributed by atoms with E-state index in [-0.39, 0.29) is 23.0 Å². The molecule has 7 nitrogen and oxygen atoms in total. The number of anilines is 1. The molecule has 0 aliphatic carbocycles. The average molecular weight is 483 g/mol. The van der Waals surface area contributed by atoms with Crippen molar-refractivity contribution in [3.8, 4) is 5.75 Å². The molecule has 2 aromatic rings. The fourth-order valence-electron chi connectivity index (χ4n) is 3.27. The Balaban J connectivity index is 1.82. The highest BCUT2D eigenvalue weighted by molar-refractivity contribution is 9.10. The number of carbonyl (C=O) groups excluding carboxylic acids is 1. The molecule has 0 spiro atoms. The highest BCUT2D eigenvalue weighted by atomic mass is 79.9. The van der Waals surface area contributed by atoms with Gasteiger partial charge in [-0.25, -0.2) is 8.42 Å². The second-order valence-corrected chi connectivity index (χ2v) is 9.49. The highest BCUT2D eigenvalue weighted by Gasteiger charge is 2.27. The van der Waals surface area contributed by atoms with Gasteiger partial charge in [0.05, 0.1) is 34.4 Å². The monoisotopic (exact) mass is 482 g/mol. The molecule has 0 radical (unpaired) electrons. The Morgan fingerprint density at radius 3 is 2.48 bits per heavy atom. The molecule has 0 aromatic heterocycles. The summed E-state index contributed by atoms with van der Waals surface area (Å²) < 4.78 is 39.6. The van der Waals surface area contributed by atoms with Gasteiger partial charge >= 0.3 is 0 Å². The number of ether oxygens (including phenoxy) is 2. The topological polar surface area (TPSA) is 84.9 Å². The number of benzene rings is 2. The molecule has 1 saturated heterocycles. The number of methoxy groups -OCH3 is 1. The van der Waals surface area contributed by atoms with Gasteiger partial charge in [-0.15, -0.1) is 0 Å². The van der Waals surface area contributed by atoms with Gasteiger partial charge in [0.2, 0.25) is 0 Å². The van der Waals surface area contributed by atoms with Crippen molar-refractivity contribution < 1.29 is 22.7 Å². The first-order chi connectivity index (χ1) is 13.7. The molecular formula is C20H23BrN2O5S. The quantitative estimate of drug-likeness (QED) is 0.704. The molecule has 1 fully saturated rings. The zero-order valence-electron chi connectivity index (χ0n) is 16.4. The summed E-state index contributed by atoms with van der Waals surface area (Å²) in [5.41, 5.74) is 0.704. The SMILES string of the molecule is COc1ccc(NS(=O)(=O)c2cccc(C(=O)N3C[C@@H](C)O[C@@H](C)C3)c2)cc1Br. The van der Waals surface area contributed by atoms with Gasteiger partial charge in [-0.05, 0) is 66.2 Å². The van der Waals surface area contributed by atoms with E-state index in [1.165, 1.54) is 19.2 Å². The van der Waals surface area contributed by atoms with Crippen molar-refractivity contribution >= 4 is 37.5 Å². The number of hydrogen-bond donors (Lipinski definition) is 1. The van der Waals surface area contributed by atoms with Gasteiger partial charge in [0.25, 0.3) is 15.9 Å². The number of rotatable bonds is 5. The number of hydrogen-bond acceptors (Lipinski definition) is 5. The second kappa shape index (κ2) is 8.73. The van der Waals surface area contributed by atoms with Crippen LogP contribution < -0.4 is 9.46 Å². The Bertz CT molecular complexity index is 1000. The average Bonchev–Trinajstić information content (AvgIpc) is 2.66. The first kappa shape index (κ1) is 21.6. The predicted octanol–water partition coefficient (Wildman–Crippen LogP) is 3.51. The van der Waals surface area contributed by atoms with Crippen LogP contribution in [0.25, 0.3) is 0 Å². The van der Waals surface area contributed by atoms with Crippen molar-refractivity contribution in [1.82, 2.24) is 4.90 Å². The van der Waals surface area contributed by atoms with Crippen LogP contribution in [0.4, 0.5) is 5.69 Å². The Morgan fingerprint density at radius 2 is 1.86 bits per heavy atom. The Labute approximate surface area is 179 Å². The van der Waals surface area contributed by atoms with Crippen LogP contribution in [0, 0.1) is 0 Å². The third kappa shape index (κ3) is 5.09. The molecule has 0 unspecified atom stereocenters. The lowest BCUT2D eigenvalue weighted by Crippen LogP contribution is -2.48. The lowest BCUT2D eigenvalue weighted by atomic mass is 10.1. The van der Waals surface area contributed by atoms with Gasteiger partial charge in [0.15, 0.2) is 0 Å². The molecule has 0 bridgehead atoms.